The minimum absolute atomic E-state index is 0.0136. The van der Waals surface area contributed by atoms with Gasteiger partial charge in [-0.15, -0.1) is 5.10 Å². The van der Waals surface area contributed by atoms with Crippen molar-refractivity contribution in [2.45, 2.75) is 177 Å². The lowest BCUT2D eigenvalue weighted by molar-refractivity contribution is -0.192. The highest BCUT2D eigenvalue weighted by molar-refractivity contribution is 5.88. The Morgan fingerprint density at radius 1 is 0.782 bits per heavy atom. The smallest absolute Gasteiger partial charge is 0.312 e. The summed E-state index contributed by atoms with van der Waals surface area (Å²) in [5, 5.41) is 21.2. The zero-order valence-corrected chi connectivity index (χ0v) is 35.0. The normalized spacial score (nSPS) is 51.0. The molecule has 0 saturated heterocycles. The molecule has 0 aliphatic heterocycles. The minimum atomic E-state index is -0.555. The molecule has 8 saturated carbocycles. The summed E-state index contributed by atoms with van der Waals surface area (Å²) < 4.78 is 13.8. The first-order valence-electron chi connectivity index (χ1n) is 22.4. The summed E-state index contributed by atoms with van der Waals surface area (Å²) in [7, 11) is 0. The maximum Gasteiger partial charge on any atom is 0.312 e. The fourth-order valence-corrected chi connectivity index (χ4v) is 17.6. The molecular weight excluding hydrogens is 691 g/mol. The van der Waals surface area contributed by atoms with Crippen molar-refractivity contribution in [1.29, 1.82) is 0 Å². The van der Waals surface area contributed by atoms with Gasteiger partial charge in [-0.2, -0.15) is 0 Å². The highest BCUT2D eigenvalue weighted by Crippen LogP contribution is 2.76. The molecule has 1 aromatic heterocycles. The van der Waals surface area contributed by atoms with E-state index in [-0.39, 0.29) is 68.8 Å². The monoisotopic (exact) mass is 760 g/mol. The summed E-state index contributed by atoms with van der Waals surface area (Å²) in [5.74, 6) is 1.83. The van der Waals surface area contributed by atoms with E-state index < -0.39 is 16.9 Å². The SMILES string of the molecule is CCOC(=O)[C@]1(C)CCC[C@@]2(C)[C@@H]3CC[C@@]4(C)C[C@]3(CC[C@@H]21)[C@H](Cn1cc(COC(=O)[C@]2(C)CCC[C@@]3(C)[C@@H]5CC[C@@]6(C)C[C@]5(CC[C@@H]32)CC6=O)nn1)[C@H]4O. The third-order valence-electron chi connectivity index (χ3n) is 19.8. The molecule has 0 radical (unpaired) electrons. The largest absolute Gasteiger partial charge is 0.466 e. The number of aliphatic hydroxyl groups is 1. The number of fused-ring (bicyclic) bond motifs is 6. The second-order valence-electron chi connectivity index (χ2n) is 22.5. The van der Waals surface area contributed by atoms with Crippen molar-refractivity contribution < 1.29 is 29.0 Å². The van der Waals surface area contributed by atoms with Gasteiger partial charge in [-0.05, 0) is 161 Å². The van der Waals surface area contributed by atoms with E-state index >= 15 is 0 Å². The number of nitrogens with zero attached hydrogens (tertiary/aromatic N) is 3. The average Bonchev–Trinajstić information content (AvgIpc) is 3.70. The van der Waals surface area contributed by atoms with E-state index in [0.717, 1.165) is 109 Å². The lowest BCUT2D eigenvalue weighted by atomic mass is 9.39. The fraction of sp³-hybridized carbons (Fsp3) is 0.891. The molecule has 9 nitrogen and oxygen atoms in total. The maximum atomic E-state index is 14.2. The lowest BCUT2D eigenvalue weighted by Gasteiger charge is -2.65. The molecule has 304 valence electrons. The standard InChI is InChI=1S/C46H69N3O6/c1-8-54-37(52)43(6)17-10-16-42(5)32(43)14-22-46-28-40(3,20-12-34(42)46)36(51)30(46)25-49-24-29(47-48-49)26-55-38(53)44(7)18-9-15-41(4)31(44)13-21-45-23-35(50)39(2,27-45)19-11-33(41)45/h24,30-34,36,51H,8-23,25-28H2,1-7H3/t30-,31+,32+,33+,34+,36-,39+,40+,41-,42-,43-,44-,45+,46-/m1/s1. The van der Waals surface area contributed by atoms with Gasteiger partial charge in [0.05, 0.1) is 29.7 Å². The second-order valence-corrected chi connectivity index (χ2v) is 22.5. The summed E-state index contributed by atoms with van der Waals surface area (Å²) in [6.07, 6.45) is 18.6. The van der Waals surface area contributed by atoms with Gasteiger partial charge in [-0.1, -0.05) is 45.7 Å². The molecule has 1 heterocycles. The van der Waals surface area contributed by atoms with E-state index in [2.05, 4.69) is 51.9 Å². The van der Waals surface area contributed by atoms with Gasteiger partial charge in [-0.25, -0.2) is 0 Å². The van der Waals surface area contributed by atoms with Crippen molar-refractivity contribution in [3.8, 4) is 0 Å². The molecule has 0 aromatic carbocycles. The van der Waals surface area contributed by atoms with Gasteiger partial charge in [0.25, 0.3) is 0 Å². The van der Waals surface area contributed by atoms with Gasteiger partial charge in [0.15, 0.2) is 0 Å². The van der Waals surface area contributed by atoms with Crippen LogP contribution in [-0.4, -0.2) is 50.5 Å². The van der Waals surface area contributed by atoms with Gasteiger partial charge in [-0.3, -0.25) is 19.1 Å². The Morgan fingerprint density at radius 3 is 2.09 bits per heavy atom. The molecule has 55 heavy (non-hydrogen) atoms. The molecule has 8 fully saturated rings. The first kappa shape index (κ1) is 38.2. The van der Waals surface area contributed by atoms with Gasteiger partial charge in [0, 0.05) is 24.3 Å². The van der Waals surface area contributed by atoms with Crippen molar-refractivity contribution in [3.05, 3.63) is 11.9 Å². The topological polar surface area (TPSA) is 121 Å². The Morgan fingerprint density at radius 2 is 1.40 bits per heavy atom. The quantitative estimate of drug-likeness (QED) is 0.275. The molecule has 1 aromatic rings. The first-order chi connectivity index (χ1) is 25.9. The number of hydrogen-bond acceptors (Lipinski definition) is 8. The molecule has 9 rings (SSSR count). The molecule has 1 N–H and O–H groups in total. The number of ether oxygens (including phenoxy) is 2. The van der Waals surface area contributed by atoms with E-state index in [4.69, 9.17) is 9.47 Å². The summed E-state index contributed by atoms with van der Waals surface area (Å²) >= 11 is 0. The van der Waals surface area contributed by atoms with Crippen LogP contribution in [0.5, 0.6) is 0 Å². The van der Waals surface area contributed by atoms with Crippen LogP contribution < -0.4 is 0 Å². The fourth-order valence-electron chi connectivity index (χ4n) is 17.6. The highest BCUT2D eigenvalue weighted by Gasteiger charge is 2.72. The van der Waals surface area contributed by atoms with Crippen molar-refractivity contribution in [1.82, 2.24) is 15.0 Å². The molecule has 9 heteroatoms. The Bertz CT molecular complexity index is 1760. The first-order valence-corrected chi connectivity index (χ1v) is 22.4. The van der Waals surface area contributed by atoms with Crippen LogP contribution in [0.4, 0.5) is 0 Å². The average molecular weight is 760 g/mol. The van der Waals surface area contributed by atoms with Crippen LogP contribution in [-0.2, 0) is 37.0 Å². The predicted octanol–water partition coefficient (Wildman–Crippen LogP) is 8.65. The van der Waals surface area contributed by atoms with Crippen LogP contribution >= 0.6 is 0 Å². The Hall–Kier alpha value is -2.29. The van der Waals surface area contributed by atoms with E-state index in [9.17, 15) is 19.5 Å². The Balaban J connectivity index is 0.902. The van der Waals surface area contributed by atoms with Crippen LogP contribution in [0, 0.1) is 72.9 Å². The number of aromatic nitrogens is 3. The van der Waals surface area contributed by atoms with Crippen LogP contribution in [0.15, 0.2) is 6.20 Å². The minimum Gasteiger partial charge on any atom is -0.466 e. The number of carbonyl (C=O) groups is 3. The number of ketones is 1. The second kappa shape index (κ2) is 12.4. The maximum absolute atomic E-state index is 14.2. The highest BCUT2D eigenvalue weighted by atomic mass is 16.5. The predicted molar refractivity (Wildman–Crippen MR) is 207 cm³/mol. The number of hydrogen-bond donors (Lipinski definition) is 1. The van der Waals surface area contributed by atoms with E-state index in [1.165, 1.54) is 0 Å². The van der Waals surface area contributed by atoms with Gasteiger partial charge in [0.1, 0.15) is 18.1 Å². The number of rotatable bonds is 7. The summed E-state index contributed by atoms with van der Waals surface area (Å²) in [6, 6.07) is 0. The number of esters is 2. The zero-order chi connectivity index (χ0) is 39.0. The summed E-state index contributed by atoms with van der Waals surface area (Å²) in [4.78, 5) is 40.9. The third kappa shape index (κ3) is 5.14. The van der Waals surface area contributed by atoms with Gasteiger partial charge >= 0.3 is 11.9 Å². The van der Waals surface area contributed by atoms with Crippen LogP contribution in [0.3, 0.4) is 0 Å². The number of carbonyl (C=O) groups excluding carboxylic acids is 3. The molecular formula is C46H69N3O6. The molecule has 0 unspecified atom stereocenters. The third-order valence-corrected chi connectivity index (χ3v) is 19.8. The van der Waals surface area contributed by atoms with Crippen LogP contribution in [0.1, 0.15) is 163 Å². The Labute approximate surface area is 329 Å². The van der Waals surface area contributed by atoms with Crippen LogP contribution in [0.25, 0.3) is 0 Å². The van der Waals surface area contributed by atoms with Crippen molar-refractivity contribution >= 4 is 17.7 Å². The molecule has 8 aliphatic rings. The summed E-state index contributed by atoms with van der Waals surface area (Å²) in [6.45, 7) is 16.8. The van der Waals surface area contributed by atoms with E-state index in [0.29, 0.717) is 36.5 Å². The molecule has 14 atom stereocenters. The lowest BCUT2D eigenvalue weighted by Crippen LogP contribution is -2.60. The van der Waals surface area contributed by atoms with Crippen molar-refractivity contribution in [3.63, 3.8) is 0 Å². The van der Waals surface area contributed by atoms with Crippen LogP contribution in [0.2, 0.25) is 0 Å². The van der Waals surface area contributed by atoms with E-state index in [1.807, 2.05) is 17.8 Å². The molecule has 0 amide bonds. The van der Waals surface area contributed by atoms with Gasteiger partial charge < -0.3 is 14.6 Å². The van der Waals surface area contributed by atoms with Gasteiger partial charge in [0.2, 0.25) is 0 Å². The number of aliphatic hydroxyl groups excluding tert-OH is 1. The van der Waals surface area contributed by atoms with E-state index in [1.54, 1.807) is 0 Å². The summed E-state index contributed by atoms with van der Waals surface area (Å²) in [5.41, 5.74) is -0.478. The number of Topliss-reactive ketones (excluding diaryl/α,β-unsaturated/α-hetero) is 1. The van der Waals surface area contributed by atoms with Crippen molar-refractivity contribution in [2.24, 2.45) is 72.9 Å². The molecule has 8 aliphatic carbocycles. The zero-order valence-electron chi connectivity index (χ0n) is 35.0. The Kier molecular flexibility index (Phi) is 8.60. The van der Waals surface area contributed by atoms with Crippen molar-refractivity contribution in [2.75, 3.05) is 6.61 Å². The molecule has 2 spiro atoms. The molecule has 4 bridgehead atoms.